The van der Waals surface area contributed by atoms with Crippen LogP contribution in [-0.2, 0) is 11.3 Å². The van der Waals surface area contributed by atoms with Gasteiger partial charge < -0.3 is 15.0 Å². The number of carbonyl (C=O) groups excluding carboxylic acids is 1. The van der Waals surface area contributed by atoms with Crippen molar-refractivity contribution in [3.8, 4) is 0 Å². The second kappa shape index (κ2) is 7.71. The molecule has 25 heavy (non-hydrogen) atoms. The Bertz CT molecular complexity index is 846. The molecule has 3 aromatic heterocycles. The first-order valence-corrected chi connectivity index (χ1v) is 7.92. The molecule has 0 atom stereocenters. The normalized spacial score (nSPS) is 10.8. The summed E-state index contributed by atoms with van der Waals surface area (Å²) in [6.07, 6.45) is 3.50. The predicted molar refractivity (Wildman–Crippen MR) is 93.5 cm³/mol. The van der Waals surface area contributed by atoms with Crippen LogP contribution in [0, 0.1) is 0 Å². The number of carbonyl (C=O) groups is 1. The van der Waals surface area contributed by atoms with Crippen LogP contribution in [0.1, 0.15) is 16.2 Å². The highest BCUT2D eigenvalue weighted by molar-refractivity contribution is 5.94. The van der Waals surface area contributed by atoms with Crippen molar-refractivity contribution >= 4 is 17.4 Å². The summed E-state index contributed by atoms with van der Waals surface area (Å²) in [5.74, 6) is 1.41. The van der Waals surface area contributed by atoms with E-state index in [1.54, 1.807) is 19.4 Å². The second-order valence-electron chi connectivity index (χ2n) is 5.55. The average molecular weight is 340 g/mol. The van der Waals surface area contributed by atoms with Crippen LogP contribution in [0.15, 0.2) is 42.7 Å². The first-order valence-electron chi connectivity index (χ1n) is 7.92. The molecule has 0 aliphatic carbocycles. The van der Waals surface area contributed by atoms with E-state index in [4.69, 9.17) is 4.74 Å². The Balaban J connectivity index is 1.66. The fourth-order valence-corrected chi connectivity index (χ4v) is 2.41. The second-order valence-corrected chi connectivity index (χ2v) is 5.55. The van der Waals surface area contributed by atoms with Gasteiger partial charge in [0.2, 0.25) is 0 Å². The van der Waals surface area contributed by atoms with Crippen LogP contribution in [-0.4, -0.2) is 52.8 Å². The fraction of sp³-hybridized carbons (Fsp3) is 0.294. The van der Waals surface area contributed by atoms with Crippen LogP contribution in [0.5, 0.6) is 0 Å². The standard InChI is InChI=1S/C17H20N6O2/c1-22(12-16-21-20-15-5-3-4-9-23(15)16)14-7-6-13(11-19-14)17(24)18-8-10-25-2/h3-7,9,11H,8,10,12H2,1-2H3,(H,18,24). The molecule has 0 bridgehead atoms. The van der Waals surface area contributed by atoms with Gasteiger partial charge >= 0.3 is 0 Å². The lowest BCUT2D eigenvalue weighted by atomic mass is 10.2. The van der Waals surface area contributed by atoms with Gasteiger partial charge in [0.05, 0.1) is 18.7 Å². The molecular weight excluding hydrogens is 320 g/mol. The van der Waals surface area contributed by atoms with E-state index in [2.05, 4.69) is 20.5 Å². The van der Waals surface area contributed by atoms with E-state index in [9.17, 15) is 4.79 Å². The molecule has 0 saturated carbocycles. The van der Waals surface area contributed by atoms with Gasteiger partial charge in [0.15, 0.2) is 11.5 Å². The largest absolute Gasteiger partial charge is 0.383 e. The van der Waals surface area contributed by atoms with Gasteiger partial charge in [0.25, 0.3) is 5.91 Å². The summed E-state index contributed by atoms with van der Waals surface area (Å²) in [6.45, 7) is 1.50. The molecule has 3 aromatic rings. The molecule has 0 aromatic carbocycles. The smallest absolute Gasteiger partial charge is 0.252 e. The summed E-state index contributed by atoms with van der Waals surface area (Å²) in [7, 11) is 3.52. The number of hydrogen-bond acceptors (Lipinski definition) is 6. The molecule has 0 aliphatic heterocycles. The zero-order chi connectivity index (χ0) is 17.6. The summed E-state index contributed by atoms with van der Waals surface area (Å²) in [4.78, 5) is 18.3. The number of amides is 1. The molecule has 1 amide bonds. The van der Waals surface area contributed by atoms with Crippen molar-refractivity contribution in [2.24, 2.45) is 0 Å². The number of nitrogens with zero attached hydrogens (tertiary/aromatic N) is 5. The Morgan fingerprint density at radius 1 is 1.28 bits per heavy atom. The third-order valence-electron chi connectivity index (χ3n) is 3.76. The first kappa shape index (κ1) is 16.8. The number of aromatic nitrogens is 4. The van der Waals surface area contributed by atoms with Crippen molar-refractivity contribution in [1.29, 1.82) is 0 Å². The number of hydrogen-bond donors (Lipinski definition) is 1. The summed E-state index contributed by atoms with van der Waals surface area (Å²) >= 11 is 0. The minimum atomic E-state index is -0.165. The summed E-state index contributed by atoms with van der Waals surface area (Å²) in [5.41, 5.74) is 1.32. The molecule has 0 spiro atoms. The van der Waals surface area contributed by atoms with Crippen molar-refractivity contribution in [2.45, 2.75) is 6.54 Å². The molecule has 0 saturated heterocycles. The van der Waals surface area contributed by atoms with E-state index in [-0.39, 0.29) is 5.91 Å². The Labute approximate surface area is 145 Å². The van der Waals surface area contributed by atoms with Gasteiger partial charge in [-0.05, 0) is 24.3 Å². The maximum absolute atomic E-state index is 12.0. The molecule has 130 valence electrons. The summed E-state index contributed by atoms with van der Waals surface area (Å²) in [5, 5.41) is 11.1. The summed E-state index contributed by atoms with van der Waals surface area (Å²) < 4.78 is 6.85. The monoisotopic (exact) mass is 340 g/mol. The fourth-order valence-electron chi connectivity index (χ4n) is 2.41. The number of rotatable bonds is 7. The average Bonchev–Trinajstić information content (AvgIpc) is 3.05. The van der Waals surface area contributed by atoms with Crippen molar-refractivity contribution in [1.82, 2.24) is 24.9 Å². The van der Waals surface area contributed by atoms with Crippen molar-refractivity contribution in [3.05, 3.63) is 54.1 Å². The van der Waals surface area contributed by atoms with E-state index in [0.717, 1.165) is 17.3 Å². The van der Waals surface area contributed by atoms with Gasteiger partial charge in [0.1, 0.15) is 5.82 Å². The lowest BCUT2D eigenvalue weighted by Crippen LogP contribution is -2.27. The maximum atomic E-state index is 12.0. The molecule has 3 rings (SSSR count). The number of nitrogens with one attached hydrogen (secondary N) is 1. The highest BCUT2D eigenvalue weighted by Gasteiger charge is 2.11. The zero-order valence-electron chi connectivity index (χ0n) is 14.2. The lowest BCUT2D eigenvalue weighted by molar-refractivity contribution is 0.0937. The van der Waals surface area contributed by atoms with Crippen LogP contribution in [0.3, 0.4) is 0 Å². The number of anilines is 1. The van der Waals surface area contributed by atoms with E-state index in [0.29, 0.717) is 25.3 Å². The zero-order valence-corrected chi connectivity index (χ0v) is 14.2. The molecule has 1 N–H and O–H groups in total. The molecule has 0 radical (unpaired) electrons. The Kier molecular flexibility index (Phi) is 5.20. The van der Waals surface area contributed by atoms with Gasteiger partial charge in [-0.25, -0.2) is 4.98 Å². The van der Waals surface area contributed by atoms with E-state index in [1.807, 2.05) is 46.8 Å². The van der Waals surface area contributed by atoms with Crippen LogP contribution in [0.25, 0.3) is 5.65 Å². The molecule has 0 fully saturated rings. The Hall–Kier alpha value is -3.00. The lowest BCUT2D eigenvalue weighted by Gasteiger charge is -2.17. The minimum absolute atomic E-state index is 0.165. The highest BCUT2D eigenvalue weighted by atomic mass is 16.5. The summed E-state index contributed by atoms with van der Waals surface area (Å²) in [6, 6.07) is 9.34. The topological polar surface area (TPSA) is 84.6 Å². The molecule has 0 unspecified atom stereocenters. The molecular formula is C17H20N6O2. The number of pyridine rings is 2. The van der Waals surface area contributed by atoms with Crippen LogP contribution in [0.4, 0.5) is 5.82 Å². The van der Waals surface area contributed by atoms with Gasteiger partial charge in [-0.2, -0.15) is 0 Å². The Morgan fingerprint density at radius 3 is 2.92 bits per heavy atom. The maximum Gasteiger partial charge on any atom is 0.252 e. The van der Waals surface area contributed by atoms with Crippen LogP contribution >= 0.6 is 0 Å². The van der Waals surface area contributed by atoms with E-state index in [1.165, 1.54) is 0 Å². The number of methoxy groups -OCH3 is 1. The highest BCUT2D eigenvalue weighted by Crippen LogP contribution is 2.13. The first-order chi connectivity index (χ1) is 12.2. The molecule has 0 aliphatic rings. The van der Waals surface area contributed by atoms with Gasteiger partial charge in [-0.1, -0.05) is 6.07 Å². The minimum Gasteiger partial charge on any atom is -0.383 e. The van der Waals surface area contributed by atoms with Crippen molar-refractivity contribution in [3.63, 3.8) is 0 Å². The van der Waals surface area contributed by atoms with Gasteiger partial charge in [-0.3, -0.25) is 9.20 Å². The van der Waals surface area contributed by atoms with E-state index >= 15 is 0 Å². The molecule has 8 nitrogen and oxygen atoms in total. The quantitative estimate of drug-likeness (QED) is 0.649. The van der Waals surface area contributed by atoms with Gasteiger partial charge in [-0.15, -0.1) is 10.2 Å². The third kappa shape index (κ3) is 3.92. The van der Waals surface area contributed by atoms with Crippen LogP contribution < -0.4 is 10.2 Å². The molecule has 8 heteroatoms. The predicted octanol–water partition coefficient (Wildman–Crippen LogP) is 1.14. The van der Waals surface area contributed by atoms with E-state index < -0.39 is 0 Å². The van der Waals surface area contributed by atoms with Crippen LogP contribution in [0.2, 0.25) is 0 Å². The third-order valence-corrected chi connectivity index (χ3v) is 3.76. The Morgan fingerprint density at radius 2 is 2.16 bits per heavy atom. The number of fused-ring (bicyclic) bond motifs is 1. The SMILES string of the molecule is COCCNC(=O)c1ccc(N(C)Cc2nnc3ccccn23)nc1. The van der Waals surface area contributed by atoms with Crippen molar-refractivity contribution in [2.75, 3.05) is 32.2 Å². The van der Waals surface area contributed by atoms with Gasteiger partial charge in [0, 0.05) is 33.1 Å². The molecule has 3 heterocycles. The van der Waals surface area contributed by atoms with Crippen molar-refractivity contribution < 1.29 is 9.53 Å². The number of ether oxygens (including phenoxy) is 1.